The number of aryl methyl sites for hydroxylation is 1. The maximum absolute atomic E-state index is 13.7. The van der Waals surface area contributed by atoms with Crippen molar-refractivity contribution in [3.8, 4) is 0 Å². The topological polar surface area (TPSA) is 83.6 Å². The molecule has 0 unspecified atom stereocenters. The number of sulfone groups is 1. The number of fused-ring (bicyclic) bond motifs is 1. The second-order valence-electron chi connectivity index (χ2n) is 8.38. The molecule has 164 valence electrons. The lowest BCUT2D eigenvalue weighted by Gasteiger charge is -2.18. The summed E-state index contributed by atoms with van der Waals surface area (Å²) in [7, 11) is -3.74. The summed E-state index contributed by atoms with van der Waals surface area (Å²) in [4.78, 5) is 26.6. The van der Waals surface area contributed by atoms with Crippen LogP contribution in [-0.4, -0.2) is 32.0 Å². The first kappa shape index (κ1) is 21.5. The van der Waals surface area contributed by atoms with Crippen LogP contribution in [0.4, 0.5) is 15.8 Å². The van der Waals surface area contributed by atoms with E-state index in [-0.39, 0.29) is 28.8 Å². The molecule has 2 aliphatic rings. The molecule has 1 saturated carbocycles. The van der Waals surface area contributed by atoms with Crippen molar-refractivity contribution in [1.29, 1.82) is 0 Å². The molecule has 2 aromatic carbocycles. The molecule has 0 aromatic heterocycles. The molecule has 0 bridgehead atoms. The van der Waals surface area contributed by atoms with Crippen LogP contribution >= 0.6 is 0 Å². The van der Waals surface area contributed by atoms with Crippen LogP contribution < -0.4 is 10.2 Å². The number of halogens is 1. The van der Waals surface area contributed by atoms with Crippen molar-refractivity contribution in [2.24, 2.45) is 5.92 Å². The average Bonchev–Trinajstić information content (AvgIpc) is 3.49. The van der Waals surface area contributed by atoms with Crippen LogP contribution in [0.2, 0.25) is 0 Å². The highest BCUT2D eigenvalue weighted by Crippen LogP contribution is 2.37. The van der Waals surface area contributed by atoms with Gasteiger partial charge in [-0.15, -0.1) is 0 Å². The number of nitrogens with zero attached hydrogens (tertiary/aromatic N) is 1. The summed E-state index contributed by atoms with van der Waals surface area (Å²) in [6.45, 7) is 3.67. The number of nitrogens with one attached hydrogen (secondary N) is 1. The highest BCUT2D eigenvalue weighted by atomic mass is 32.2. The van der Waals surface area contributed by atoms with Crippen molar-refractivity contribution in [2.45, 2.75) is 49.7 Å². The van der Waals surface area contributed by atoms with Gasteiger partial charge >= 0.3 is 0 Å². The molecule has 8 heteroatoms. The van der Waals surface area contributed by atoms with Crippen LogP contribution in [0.5, 0.6) is 0 Å². The van der Waals surface area contributed by atoms with Crippen LogP contribution in [0.15, 0.2) is 41.3 Å². The van der Waals surface area contributed by atoms with Crippen LogP contribution in [0.25, 0.3) is 0 Å². The van der Waals surface area contributed by atoms with Gasteiger partial charge in [-0.3, -0.25) is 9.59 Å². The minimum absolute atomic E-state index is 0.106. The Morgan fingerprint density at radius 2 is 1.94 bits per heavy atom. The minimum Gasteiger partial charge on any atom is -0.326 e. The van der Waals surface area contributed by atoms with Gasteiger partial charge in [0, 0.05) is 30.3 Å². The number of rotatable bonds is 6. The molecule has 1 heterocycles. The second-order valence-corrected chi connectivity index (χ2v) is 10.7. The molecule has 2 amide bonds. The van der Waals surface area contributed by atoms with E-state index in [1.165, 1.54) is 19.1 Å². The number of amides is 2. The number of anilines is 2. The SMILES string of the molecule is Cc1ccc(NC(=O)C[C@H](C)S(=O)(=O)c2ccc3c(c2)CCN3C(=O)C2CC2)cc1F. The molecular formula is C23H25FN2O4S. The van der Waals surface area contributed by atoms with Gasteiger partial charge in [-0.05, 0) is 74.6 Å². The summed E-state index contributed by atoms with van der Waals surface area (Å²) < 4.78 is 39.7. The molecule has 1 N–H and O–H groups in total. The Labute approximate surface area is 181 Å². The normalized spacial score (nSPS) is 16.7. The quantitative estimate of drug-likeness (QED) is 0.738. The van der Waals surface area contributed by atoms with Gasteiger partial charge in [-0.25, -0.2) is 12.8 Å². The Hall–Kier alpha value is -2.74. The van der Waals surface area contributed by atoms with Crippen LogP contribution in [0.3, 0.4) is 0 Å². The molecule has 1 fully saturated rings. The number of carbonyl (C=O) groups is 2. The summed E-state index contributed by atoms with van der Waals surface area (Å²) in [5.41, 5.74) is 2.36. The van der Waals surface area contributed by atoms with Gasteiger partial charge in [0.05, 0.1) is 10.1 Å². The van der Waals surface area contributed by atoms with E-state index >= 15 is 0 Å². The molecular weight excluding hydrogens is 419 g/mol. The third kappa shape index (κ3) is 4.35. The van der Waals surface area contributed by atoms with E-state index in [0.29, 0.717) is 18.5 Å². The Morgan fingerprint density at radius 3 is 2.61 bits per heavy atom. The molecule has 4 rings (SSSR count). The van der Waals surface area contributed by atoms with E-state index in [0.717, 1.165) is 24.1 Å². The Balaban J connectivity index is 1.45. The third-order valence-electron chi connectivity index (χ3n) is 5.93. The molecule has 6 nitrogen and oxygen atoms in total. The number of carbonyl (C=O) groups excluding carboxylic acids is 2. The minimum atomic E-state index is -3.74. The lowest BCUT2D eigenvalue weighted by molar-refractivity contribution is -0.119. The van der Waals surface area contributed by atoms with E-state index in [4.69, 9.17) is 0 Å². The number of hydrogen-bond donors (Lipinski definition) is 1. The van der Waals surface area contributed by atoms with Crippen molar-refractivity contribution in [3.63, 3.8) is 0 Å². The van der Waals surface area contributed by atoms with Crippen molar-refractivity contribution < 1.29 is 22.4 Å². The van der Waals surface area contributed by atoms with E-state index in [2.05, 4.69) is 5.32 Å². The van der Waals surface area contributed by atoms with E-state index in [9.17, 15) is 22.4 Å². The van der Waals surface area contributed by atoms with Crippen molar-refractivity contribution in [2.75, 3.05) is 16.8 Å². The molecule has 31 heavy (non-hydrogen) atoms. The van der Waals surface area contributed by atoms with Gasteiger partial charge in [0.2, 0.25) is 11.8 Å². The van der Waals surface area contributed by atoms with E-state index in [1.807, 2.05) is 0 Å². The molecule has 1 aliphatic heterocycles. The zero-order chi connectivity index (χ0) is 22.3. The Bertz CT molecular complexity index is 1160. The molecule has 1 atom stereocenters. The van der Waals surface area contributed by atoms with Gasteiger partial charge in [0.1, 0.15) is 5.82 Å². The summed E-state index contributed by atoms with van der Waals surface area (Å²) in [5, 5.41) is 1.60. The largest absolute Gasteiger partial charge is 0.326 e. The predicted molar refractivity (Wildman–Crippen MR) is 116 cm³/mol. The summed E-state index contributed by atoms with van der Waals surface area (Å²) in [6.07, 6.45) is 2.21. The average molecular weight is 445 g/mol. The smallest absolute Gasteiger partial charge is 0.230 e. The van der Waals surface area contributed by atoms with Gasteiger partial charge in [-0.1, -0.05) is 6.07 Å². The second kappa shape index (κ2) is 8.07. The monoisotopic (exact) mass is 444 g/mol. The zero-order valence-corrected chi connectivity index (χ0v) is 18.3. The molecule has 0 spiro atoms. The third-order valence-corrected chi connectivity index (χ3v) is 8.06. The number of benzene rings is 2. The lowest BCUT2D eigenvalue weighted by atomic mass is 10.2. The fourth-order valence-corrected chi connectivity index (χ4v) is 5.22. The zero-order valence-electron chi connectivity index (χ0n) is 17.5. The molecule has 0 saturated heterocycles. The lowest BCUT2D eigenvalue weighted by Crippen LogP contribution is -2.30. The van der Waals surface area contributed by atoms with Crippen molar-refractivity contribution >= 4 is 33.0 Å². The Kier molecular flexibility index (Phi) is 5.60. The van der Waals surface area contributed by atoms with Gasteiger partial charge in [0.25, 0.3) is 0 Å². The summed E-state index contributed by atoms with van der Waals surface area (Å²) in [6, 6.07) is 9.15. The van der Waals surface area contributed by atoms with Gasteiger partial charge in [-0.2, -0.15) is 0 Å². The number of hydrogen-bond acceptors (Lipinski definition) is 4. The standard InChI is InChI=1S/C23H25FN2O4S/c1-14-3-6-18(13-20(14)24)25-22(27)11-15(2)31(29,30)19-7-8-21-17(12-19)9-10-26(21)23(28)16-4-5-16/h3,6-8,12-13,15-16H,4-5,9-11H2,1-2H3,(H,25,27)/t15-/m0/s1. The van der Waals surface area contributed by atoms with Gasteiger partial charge < -0.3 is 10.2 Å². The van der Waals surface area contributed by atoms with Crippen LogP contribution in [0.1, 0.15) is 37.3 Å². The highest BCUT2D eigenvalue weighted by Gasteiger charge is 2.37. The van der Waals surface area contributed by atoms with Crippen LogP contribution in [0, 0.1) is 18.7 Å². The maximum Gasteiger partial charge on any atom is 0.230 e. The van der Waals surface area contributed by atoms with Gasteiger partial charge in [0.15, 0.2) is 9.84 Å². The maximum atomic E-state index is 13.7. The summed E-state index contributed by atoms with van der Waals surface area (Å²) in [5.74, 6) is -0.714. The first-order valence-electron chi connectivity index (χ1n) is 10.4. The first-order valence-corrected chi connectivity index (χ1v) is 12.0. The van der Waals surface area contributed by atoms with Crippen molar-refractivity contribution in [1.82, 2.24) is 0 Å². The van der Waals surface area contributed by atoms with Crippen LogP contribution in [-0.2, 0) is 25.8 Å². The highest BCUT2D eigenvalue weighted by molar-refractivity contribution is 7.92. The predicted octanol–water partition coefficient (Wildman–Crippen LogP) is 3.62. The fraction of sp³-hybridized carbons (Fsp3) is 0.391. The fourth-order valence-electron chi connectivity index (χ4n) is 3.82. The van der Waals surface area contributed by atoms with E-state index in [1.54, 1.807) is 36.1 Å². The summed E-state index contributed by atoms with van der Waals surface area (Å²) >= 11 is 0. The van der Waals surface area contributed by atoms with Crippen molar-refractivity contribution in [3.05, 3.63) is 53.3 Å². The molecule has 0 radical (unpaired) electrons. The van der Waals surface area contributed by atoms with E-state index < -0.39 is 26.8 Å². The Morgan fingerprint density at radius 1 is 1.19 bits per heavy atom. The molecule has 2 aromatic rings. The first-order chi connectivity index (χ1) is 14.7. The molecule has 1 aliphatic carbocycles.